The summed E-state index contributed by atoms with van der Waals surface area (Å²) in [5.74, 6) is 1.55. The fourth-order valence-electron chi connectivity index (χ4n) is 2.30. The normalized spacial score (nSPS) is 12.1. The third-order valence-electron chi connectivity index (χ3n) is 3.40. The Kier molecular flexibility index (Phi) is 6.09. The first-order valence-electron chi connectivity index (χ1n) is 7.51. The Hall–Kier alpha value is -1.51. The van der Waals surface area contributed by atoms with Gasteiger partial charge in [0.05, 0.1) is 5.02 Å². The number of halogens is 1. The fraction of sp³-hybridized carbons (Fsp3) is 0.333. The molecule has 112 valence electrons. The van der Waals surface area contributed by atoms with E-state index in [2.05, 4.69) is 25.2 Å². The summed E-state index contributed by atoms with van der Waals surface area (Å²) in [4.78, 5) is 0. The van der Waals surface area contributed by atoms with Gasteiger partial charge in [-0.05, 0) is 37.6 Å². The van der Waals surface area contributed by atoms with Crippen LogP contribution in [0.4, 0.5) is 0 Å². The third kappa shape index (κ3) is 4.23. The van der Waals surface area contributed by atoms with Crippen molar-refractivity contribution in [2.45, 2.75) is 32.7 Å². The molecule has 2 aromatic carbocycles. The summed E-state index contributed by atoms with van der Waals surface area (Å²) in [6.45, 7) is 5.35. The van der Waals surface area contributed by atoms with Crippen molar-refractivity contribution < 1.29 is 4.74 Å². The quantitative estimate of drug-likeness (QED) is 0.720. The highest BCUT2D eigenvalue weighted by Gasteiger charge is 2.14. The zero-order valence-electron chi connectivity index (χ0n) is 12.6. The van der Waals surface area contributed by atoms with Gasteiger partial charge in [0.25, 0.3) is 0 Å². The lowest BCUT2D eigenvalue weighted by Crippen LogP contribution is -2.21. The van der Waals surface area contributed by atoms with E-state index in [4.69, 9.17) is 16.3 Å². The first-order chi connectivity index (χ1) is 10.3. The van der Waals surface area contributed by atoms with Crippen molar-refractivity contribution in [1.29, 1.82) is 0 Å². The maximum absolute atomic E-state index is 6.18. The molecule has 0 aliphatic heterocycles. The van der Waals surface area contributed by atoms with E-state index in [0.717, 1.165) is 25.1 Å². The van der Waals surface area contributed by atoms with Gasteiger partial charge in [-0.3, -0.25) is 0 Å². The molecular formula is C18H22ClNO. The monoisotopic (exact) mass is 303 g/mol. The summed E-state index contributed by atoms with van der Waals surface area (Å²) < 4.78 is 6.03. The van der Waals surface area contributed by atoms with E-state index >= 15 is 0 Å². The minimum absolute atomic E-state index is 0.295. The van der Waals surface area contributed by atoms with E-state index in [-0.39, 0.29) is 0 Å². The van der Waals surface area contributed by atoms with Gasteiger partial charge < -0.3 is 10.1 Å². The Morgan fingerprint density at radius 2 is 1.67 bits per heavy atom. The van der Waals surface area contributed by atoms with Crippen molar-refractivity contribution in [3.05, 3.63) is 59.1 Å². The molecule has 3 heteroatoms. The number of hydrogen-bond donors (Lipinski definition) is 1. The Morgan fingerprint density at radius 3 is 2.33 bits per heavy atom. The van der Waals surface area contributed by atoms with Gasteiger partial charge in [-0.2, -0.15) is 0 Å². The molecule has 2 rings (SSSR count). The molecule has 1 atom stereocenters. The molecule has 0 saturated carbocycles. The highest BCUT2D eigenvalue weighted by atomic mass is 35.5. The van der Waals surface area contributed by atoms with Gasteiger partial charge in [0.15, 0.2) is 0 Å². The molecule has 21 heavy (non-hydrogen) atoms. The van der Waals surface area contributed by atoms with Crippen LogP contribution >= 0.6 is 11.6 Å². The van der Waals surface area contributed by atoms with Crippen LogP contribution in [0.25, 0.3) is 0 Å². The molecule has 0 aliphatic rings. The van der Waals surface area contributed by atoms with Gasteiger partial charge in [0, 0.05) is 11.6 Å². The van der Waals surface area contributed by atoms with E-state index in [1.807, 2.05) is 42.5 Å². The highest BCUT2D eigenvalue weighted by molar-refractivity contribution is 6.32. The SMILES string of the molecule is CCCNC(CC)c1ccccc1Oc1ccccc1Cl. The molecule has 0 radical (unpaired) electrons. The molecule has 0 spiro atoms. The molecule has 1 N–H and O–H groups in total. The molecule has 0 aliphatic carbocycles. The number of benzene rings is 2. The number of rotatable bonds is 7. The topological polar surface area (TPSA) is 21.3 Å². The highest BCUT2D eigenvalue weighted by Crippen LogP contribution is 2.34. The lowest BCUT2D eigenvalue weighted by molar-refractivity contribution is 0.449. The molecule has 0 fully saturated rings. The Bertz CT molecular complexity index is 571. The molecule has 1 unspecified atom stereocenters. The maximum Gasteiger partial charge on any atom is 0.146 e. The Labute approximate surface area is 132 Å². The van der Waals surface area contributed by atoms with Crippen LogP contribution in [0.1, 0.15) is 38.3 Å². The molecule has 0 amide bonds. The molecular weight excluding hydrogens is 282 g/mol. The summed E-state index contributed by atoms with van der Waals surface area (Å²) in [7, 11) is 0. The minimum Gasteiger partial charge on any atom is -0.455 e. The second-order valence-electron chi connectivity index (χ2n) is 4.99. The second-order valence-corrected chi connectivity index (χ2v) is 5.39. The van der Waals surface area contributed by atoms with Crippen LogP contribution in [-0.4, -0.2) is 6.54 Å². The number of nitrogens with one attached hydrogen (secondary N) is 1. The van der Waals surface area contributed by atoms with Crippen LogP contribution < -0.4 is 10.1 Å². The first-order valence-corrected chi connectivity index (χ1v) is 7.88. The Morgan fingerprint density at radius 1 is 1.00 bits per heavy atom. The third-order valence-corrected chi connectivity index (χ3v) is 3.71. The van der Waals surface area contributed by atoms with Crippen molar-refractivity contribution >= 4 is 11.6 Å². The van der Waals surface area contributed by atoms with Crippen molar-refractivity contribution in [3.63, 3.8) is 0 Å². The standard InChI is InChI=1S/C18H22ClNO/c1-3-13-20-16(4-2)14-9-5-7-11-17(14)21-18-12-8-6-10-15(18)19/h5-12,16,20H,3-4,13H2,1-2H3. The van der Waals surface area contributed by atoms with E-state index in [1.54, 1.807) is 0 Å². The second kappa shape index (κ2) is 8.06. The summed E-state index contributed by atoms with van der Waals surface area (Å²) in [6, 6.07) is 16.0. The zero-order valence-corrected chi connectivity index (χ0v) is 13.4. The van der Waals surface area contributed by atoms with E-state index in [9.17, 15) is 0 Å². The minimum atomic E-state index is 0.295. The van der Waals surface area contributed by atoms with Crippen LogP contribution in [0.15, 0.2) is 48.5 Å². The van der Waals surface area contributed by atoms with Crippen molar-refractivity contribution in [1.82, 2.24) is 5.32 Å². The number of ether oxygens (including phenoxy) is 1. The average Bonchev–Trinajstić information content (AvgIpc) is 2.52. The predicted molar refractivity (Wildman–Crippen MR) is 89.3 cm³/mol. The summed E-state index contributed by atoms with van der Waals surface area (Å²) >= 11 is 6.18. The van der Waals surface area contributed by atoms with Gasteiger partial charge in [0.1, 0.15) is 11.5 Å². The summed E-state index contributed by atoms with van der Waals surface area (Å²) in [5, 5.41) is 4.19. The van der Waals surface area contributed by atoms with Crippen molar-refractivity contribution in [2.24, 2.45) is 0 Å². The van der Waals surface area contributed by atoms with E-state index in [1.165, 1.54) is 5.56 Å². The Balaban J connectivity index is 2.26. The van der Waals surface area contributed by atoms with Crippen molar-refractivity contribution in [2.75, 3.05) is 6.54 Å². The van der Waals surface area contributed by atoms with Crippen molar-refractivity contribution in [3.8, 4) is 11.5 Å². The van der Waals surface area contributed by atoms with Gasteiger partial charge in [-0.15, -0.1) is 0 Å². The van der Waals surface area contributed by atoms with E-state index in [0.29, 0.717) is 16.8 Å². The smallest absolute Gasteiger partial charge is 0.146 e. The molecule has 0 bridgehead atoms. The predicted octanol–water partition coefficient (Wildman–Crippen LogP) is 5.58. The van der Waals surface area contributed by atoms with Crippen LogP contribution in [0.2, 0.25) is 5.02 Å². The number of para-hydroxylation sites is 2. The van der Waals surface area contributed by atoms with Crippen LogP contribution in [0.5, 0.6) is 11.5 Å². The molecule has 0 saturated heterocycles. The molecule has 0 heterocycles. The fourth-order valence-corrected chi connectivity index (χ4v) is 2.47. The first kappa shape index (κ1) is 15.9. The van der Waals surface area contributed by atoms with E-state index < -0.39 is 0 Å². The van der Waals surface area contributed by atoms with Gasteiger partial charge in [-0.1, -0.05) is 55.8 Å². The molecule has 2 aromatic rings. The van der Waals surface area contributed by atoms with Crippen LogP contribution in [0.3, 0.4) is 0 Å². The summed E-state index contributed by atoms with van der Waals surface area (Å²) in [5.41, 5.74) is 1.17. The lowest BCUT2D eigenvalue weighted by atomic mass is 10.0. The molecule has 0 aromatic heterocycles. The maximum atomic E-state index is 6.18. The van der Waals surface area contributed by atoms with Crippen LogP contribution in [-0.2, 0) is 0 Å². The molecule has 2 nitrogen and oxygen atoms in total. The van der Waals surface area contributed by atoms with Crippen LogP contribution in [0, 0.1) is 0 Å². The average molecular weight is 304 g/mol. The lowest BCUT2D eigenvalue weighted by Gasteiger charge is -2.20. The van der Waals surface area contributed by atoms with Gasteiger partial charge in [-0.25, -0.2) is 0 Å². The van der Waals surface area contributed by atoms with Gasteiger partial charge >= 0.3 is 0 Å². The summed E-state index contributed by atoms with van der Waals surface area (Å²) in [6.07, 6.45) is 2.13. The number of hydrogen-bond acceptors (Lipinski definition) is 2. The zero-order chi connectivity index (χ0) is 15.1. The van der Waals surface area contributed by atoms with Gasteiger partial charge in [0.2, 0.25) is 0 Å². The largest absolute Gasteiger partial charge is 0.455 e.